The zero-order valence-electron chi connectivity index (χ0n) is 12.2. The first kappa shape index (κ1) is 15.7. The molecule has 1 aliphatic rings. The highest BCUT2D eigenvalue weighted by Gasteiger charge is 2.31. The molecule has 0 N–H and O–H groups in total. The number of nitriles is 1. The molecule has 0 spiro atoms. The van der Waals surface area contributed by atoms with Crippen molar-refractivity contribution in [3.63, 3.8) is 0 Å². The lowest BCUT2D eigenvalue weighted by Gasteiger charge is -2.30. The first-order valence-electron chi connectivity index (χ1n) is 6.86. The molecule has 5 nitrogen and oxygen atoms in total. The predicted octanol–water partition coefficient (Wildman–Crippen LogP) is 2.00. The molecule has 0 bridgehead atoms. The molecule has 1 aliphatic carbocycles. The number of benzene rings is 1. The van der Waals surface area contributed by atoms with Gasteiger partial charge < -0.3 is 0 Å². The molecule has 0 amide bonds. The Morgan fingerprint density at radius 2 is 1.90 bits per heavy atom. The van der Waals surface area contributed by atoms with Crippen LogP contribution in [-0.2, 0) is 14.8 Å². The number of carbonyl (C=O) groups is 1. The Hall–Kier alpha value is -1.71. The van der Waals surface area contributed by atoms with Crippen LogP contribution in [-0.4, -0.2) is 31.6 Å². The standard InChI is InChI=1S/C15H18N2O3S/c1-11-9-12(10-16)3-8-15(11)21(19,20)17(2)13-4-6-14(18)7-5-13/h3,8-9,13H,4-7H2,1-2H3. The van der Waals surface area contributed by atoms with Gasteiger partial charge in [0.2, 0.25) is 10.0 Å². The predicted molar refractivity (Wildman–Crippen MR) is 78.1 cm³/mol. The van der Waals surface area contributed by atoms with E-state index in [2.05, 4.69) is 0 Å². The number of Topliss-reactive ketones (excluding diaryl/α,β-unsaturated/α-hetero) is 1. The van der Waals surface area contributed by atoms with Gasteiger partial charge in [0, 0.05) is 25.9 Å². The van der Waals surface area contributed by atoms with Crippen LogP contribution in [0.25, 0.3) is 0 Å². The minimum atomic E-state index is -3.60. The summed E-state index contributed by atoms with van der Waals surface area (Å²) in [5, 5.41) is 8.85. The third kappa shape index (κ3) is 3.14. The SMILES string of the molecule is Cc1cc(C#N)ccc1S(=O)(=O)N(C)C1CCC(=O)CC1. The van der Waals surface area contributed by atoms with Gasteiger partial charge in [-0.25, -0.2) is 8.42 Å². The van der Waals surface area contributed by atoms with Gasteiger partial charge in [0.05, 0.1) is 16.5 Å². The molecule has 0 radical (unpaired) electrons. The summed E-state index contributed by atoms with van der Waals surface area (Å²) in [4.78, 5) is 11.5. The molecule has 0 unspecified atom stereocenters. The van der Waals surface area contributed by atoms with Gasteiger partial charge >= 0.3 is 0 Å². The van der Waals surface area contributed by atoms with Gasteiger partial charge in [0.25, 0.3) is 0 Å². The van der Waals surface area contributed by atoms with Gasteiger partial charge in [-0.15, -0.1) is 0 Å². The second-order valence-corrected chi connectivity index (χ2v) is 7.35. The highest BCUT2D eigenvalue weighted by atomic mass is 32.2. The molecule has 0 atom stereocenters. The zero-order valence-corrected chi connectivity index (χ0v) is 13.0. The molecule has 0 heterocycles. The Morgan fingerprint density at radius 3 is 2.43 bits per heavy atom. The van der Waals surface area contributed by atoms with E-state index < -0.39 is 10.0 Å². The first-order valence-corrected chi connectivity index (χ1v) is 8.30. The summed E-state index contributed by atoms with van der Waals surface area (Å²) in [6.45, 7) is 1.69. The van der Waals surface area contributed by atoms with Crippen molar-refractivity contribution in [2.75, 3.05) is 7.05 Å². The average molecular weight is 306 g/mol. The monoisotopic (exact) mass is 306 g/mol. The molecular weight excluding hydrogens is 288 g/mol. The van der Waals surface area contributed by atoms with Crippen molar-refractivity contribution in [2.45, 2.75) is 43.5 Å². The number of ketones is 1. The number of aryl methyl sites for hydroxylation is 1. The van der Waals surface area contributed by atoms with E-state index in [4.69, 9.17) is 5.26 Å². The Morgan fingerprint density at radius 1 is 1.29 bits per heavy atom. The van der Waals surface area contributed by atoms with Gasteiger partial charge in [-0.2, -0.15) is 9.57 Å². The van der Waals surface area contributed by atoms with Crippen molar-refractivity contribution in [1.29, 1.82) is 5.26 Å². The van der Waals surface area contributed by atoms with E-state index in [1.54, 1.807) is 20.0 Å². The molecule has 1 fully saturated rings. The summed E-state index contributed by atoms with van der Waals surface area (Å²) in [5.74, 6) is 0.201. The Kier molecular flexibility index (Phi) is 4.45. The van der Waals surface area contributed by atoms with E-state index in [-0.39, 0.29) is 16.7 Å². The smallest absolute Gasteiger partial charge is 0.243 e. The van der Waals surface area contributed by atoms with Crippen LogP contribution in [0.3, 0.4) is 0 Å². The average Bonchev–Trinajstić information content (AvgIpc) is 2.46. The maximum atomic E-state index is 12.7. The molecule has 21 heavy (non-hydrogen) atoms. The molecule has 0 aromatic heterocycles. The van der Waals surface area contributed by atoms with E-state index in [0.29, 0.717) is 36.8 Å². The Labute approximate surface area is 125 Å². The fourth-order valence-electron chi connectivity index (χ4n) is 2.65. The maximum Gasteiger partial charge on any atom is 0.243 e. The molecule has 0 saturated heterocycles. The van der Waals surface area contributed by atoms with Crippen molar-refractivity contribution in [1.82, 2.24) is 4.31 Å². The summed E-state index contributed by atoms with van der Waals surface area (Å²) >= 11 is 0. The molecule has 0 aliphatic heterocycles. The molecule has 6 heteroatoms. The fraction of sp³-hybridized carbons (Fsp3) is 0.467. The van der Waals surface area contributed by atoms with Crippen LogP contribution < -0.4 is 0 Å². The Bertz CT molecular complexity index is 694. The van der Waals surface area contributed by atoms with E-state index in [9.17, 15) is 13.2 Å². The second kappa shape index (κ2) is 5.96. The van der Waals surface area contributed by atoms with Gasteiger partial charge in [0.1, 0.15) is 5.78 Å². The minimum Gasteiger partial charge on any atom is -0.300 e. The number of hydrogen-bond donors (Lipinski definition) is 0. The number of sulfonamides is 1. The number of carbonyl (C=O) groups excluding carboxylic acids is 1. The minimum absolute atomic E-state index is 0.136. The first-order chi connectivity index (χ1) is 9.86. The highest BCUT2D eigenvalue weighted by Crippen LogP contribution is 2.27. The lowest BCUT2D eigenvalue weighted by Crippen LogP contribution is -2.39. The zero-order chi connectivity index (χ0) is 15.6. The van der Waals surface area contributed by atoms with Crippen LogP contribution >= 0.6 is 0 Å². The van der Waals surface area contributed by atoms with Crippen molar-refractivity contribution in [2.24, 2.45) is 0 Å². The summed E-state index contributed by atoms with van der Waals surface area (Å²) in [6.07, 6.45) is 2.03. The van der Waals surface area contributed by atoms with Gasteiger partial charge in [0.15, 0.2) is 0 Å². The third-order valence-electron chi connectivity index (χ3n) is 3.99. The van der Waals surface area contributed by atoms with Crippen molar-refractivity contribution < 1.29 is 13.2 Å². The van der Waals surface area contributed by atoms with Crippen molar-refractivity contribution in [3.8, 4) is 6.07 Å². The van der Waals surface area contributed by atoms with E-state index in [1.165, 1.54) is 16.4 Å². The normalized spacial score (nSPS) is 17.0. The summed E-state index contributed by atoms with van der Waals surface area (Å²) in [7, 11) is -2.04. The third-order valence-corrected chi connectivity index (χ3v) is 6.06. The molecular formula is C15H18N2O3S. The van der Waals surface area contributed by atoms with Gasteiger partial charge in [-0.05, 0) is 43.5 Å². The van der Waals surface area contributed by atoms with Crippen molar-refractivity contribution >= 4 is 15.8 Å². The van der Waals surface area contributed by atoms with E-state index >= 15 is 0 Å². The van der Waals surface area contributed by atoms with Crippen LogP contribution in [0.5, 0.6) is 0 Å². The number of nitrogens with zero attached hydrogens (tertiary/aromatic N) is 2. The van der Waals surface area contributed by atoms with Crippen LogP contribution in [0.15, 0.2) is 23.1 Å². The molecule has 1 aromatic rings. The summed E-state index contributed by atoms with van der Waals surface area (Å²) in [5.41, 5.74) is 1.00. The van der Waals surface area contributed by atoms with Gasteiger partial charge in [-0.1, -0.05) is 0 Å². The van der Waals surface area contributed by atoms with Crippen LogP contribution in [0, 0.1) is 18.3 Å². The lowest BCUT2D eigenvalue weighted by atomic mass is 9.95. The van der Waals surface area contributed by atoms with E-state index in [1.807, 2.05) is 6.07 Å². The van der Waals surface area contributed by atoms with Gasteiger partial charge in [-0.3, -0.25) is 4.79 Å². The number of hydrogen-bond acceptors (Lipinski definition) is 4. The quantitative estimate of drug-likeness (QED) is 0.855. The largest absolute Gasteiger partial charge is 0.300 e. The second-order valence-electron chi connectivity index (χ2n) is 5.38. The highest BCUT2D eigenvalue weighted by molar-refractivity contribution is 7.89. The molecule has 2 rings (SSSR count). The molecule has 112 valence electrons. The maximum absolute atomic E-state index is 12.7. The Balaban J connectivity index is 2.29. The van der Waals surface area contributed by atoms with Crippen LogP contribution in [0.2, 0.25) is 0 Å². The molecule has 1 aromatic carbocycles. The number of rotatable bonds is 3. The fourth-order valence-corrected chi connectivity index (χ4v) is 4.27. The summed E-state index contributed by atoms with van der Waals surface area (Å²) in [6, 6.07) is 6.43. The molecule has 1 saturated carbocycles. The topological polar surface area (TPSA) is 78.2 Å². The van der Waals surface area contributed by atoms with Crippen molar-refractivity contribution in [3.05, 3.63) is 29.3 Å². The van der Waals surface area contributed by atoms with E-state index in [0.717, 1.165) is 0 Å². The lowest BCUT2D eigenvalue weighted by molar-refractivity contribution is -0.120. The summed E-state index contributed by atoms with van der Waals surface area (Å²) < 4.78 is 26.8. The van der Waals surface area contributed by atoms with Crippen LogP contribution in [0.4, 0.5) is 0 Å². The van der Waals surface area contributed by atoms with Crippen LogP contribution in [0.1, 0.15) is 36.8 Å².